The Labute approximate surface area is 54.4 Å². The SMILES string of the molecule is N#CCOC1CC(N)C1. The van der Waals surface area contributed by atoms with Crippen molar-refractivity contribution >= 4 is 0 Å². The number of nitrogens with two attached hydrogens (primary N) is 1. The van der Waals surface area contributed by atoms with Crippen molar-refractivity contribution in [3.8, 4) is 6.07 Å². The summed E-state index contributed by atoms with van der Waals surface area (Å²) < 4.78 is 5.06. The second-order valence-corrected chi connectivity index (χ2v) is 2.32. The maximum Gasteiger partial charge on any atom is 0.134 e. The van der Waals surface area contributed by atoms with E-state index in [-0.39, 0.29) is 12.7 Å². The van der Waals surface area contributed by atoms with Gasteiger partial charge in [-0.15, -0.1) is 0 Å². The molecule has 0 bridgehead atoms. The summed E-state index contributed by atoms with van der Waals surface area (Å²) in [5.41, 5.74) is 5.48. The Morgan fingerprint density at radius 2 is 2.33 bits per heavy atom. The molecule has 0 aliphatic heterocycles. The number of hydrogen-bond acceptors (Lipinski definition) is 3. The molecule has 0 heterocycles. The van der Waals surface area contributed by atoms with Gasteiger partial charge in [0.25, 0.3) is 0 Å². The minimum atomic E-state index is 0.206. The molecule has 9 heavy (non-hydrogen) atoms. The second-order valence-electron chi connectivity index (χ2n) is 2.32. The maximum atomic E-state index is 8.09. The van der Waals surface area contributed by atoms with Crippen molar-refractivity contribution in [1.29, 1.82) is 5.26 Å². The Morgan fingerprint density at radius 3 is 2.78 bits per heavy atom. The van der Waals surface area contributed by atoms with E-state index < -0.39 is 0 Å². The van der Waals surface area contributed by atoms with Crippen LogP contribution in [0, 0.1) is 11.3 Å². The maximum absolute atomic E-state index is 8.09. The summed E-state index contributed by atoms with van der Waals surface area (Å²) in [4.78, 5) is 0. The third kappa shape index (κ3) is 1.67. The van der Waals surface area contributed by atoms with Gasteiger partial charge < -0.3 is 10.5 Å². The Hall–Kier alpha value is -0.590. The number of ether oxygens (including phenoxy) is 1. The van der Waals surface area contributed by atoms with Crippen LogP contribution in [0.2, 0.25) is 0 Å². The van der Waals surface area contributed by atoms with Crippen molar-refractivity contribution in [3.05, 3.63) is 0 Å². The zero-order chi connectivity index (χ0) is 6.69. The molecule has 1 aliphatic carbocycles. The van der Waals surface area contributed by atoms with Crippen LogP contribution in [0.3, 0.4) is 0 Å². The van der Waals surface area contributed by atoms with Gasteiger partial charge in [-0.2, -0.15) is 5.26 Å². The lowest BCUT2D eigenvalue weighted by Gasteiger charge is -2.31. The Bertz CT molecular complexity index is 124. The summed E-state index contributed by atoms with van der Waals surface area (Å²) in [7, 11) is 0. The largest absolute Gasteiger partial charge is 0.363 e. The normalized spacial score (nSPS) is 32.9. The number of nitrogens with zero attached hydrogens (tertiary/aromatic N) is 1. The number of rotatable bonds is 2. The molecule has 1 rings (SSSR count). The van der Waals surface area contributed by atoms with Gasteiger partial charge in [-0.1, -0.05) is 0 Å². The van der Waals surface area contributed by atoms with Crippen LogP contribution >= 0.6 is 0 Å². The van der Waals surface area contributed by atoms with Crippen molar-refractivity contribution in [3.63, 3.8) is 0 Å². The molecule has 0 amide bonds. The monoisotopic (exact) mass is 126 g/mol. The van der Waals surface area contributed by atoms with Gasteiger partial charge in [-0.05, 0) is 12.8 Å². The quantitative estimate of drug-likeness (QED) is 0.567. The van der Waals surface area contributed by atoms with Crippen LogP contribution < -0.4 is 5.73 Å². The first kappa shape index (κ1) is 6.53. The summed E-state index contributed by atoms with van der Waals surface area (Å²) in [6.07, 6.45) is 2.10. The Morgan fingerprint density at radius 1 is 1.67 bits per heavy atom. The van der Waals surface area contributed by atoms with Crippen LogP contribution in [0.1, 0.15) is 12.8 Å². The first-order valence-electron chi connectivity index (χ1n) is 3.07. The van der Waals surface area contributed by atoms with Crippen LogP contribution in [-0.4, -0.2) is 18.8 Å². The van der Waals surface area contributed by atoms with E-state index in [1.807, 2.05) is 6.07 Å². The van der Waals surface area contributed by atoms with Gasteiger partial charge in [0.15, 0.2) is 0 Å². The van der Waals surface area contributed by atoms with Crippen molar-refractivity contribution in [1.82, 2.24) is 0 Å². The highest BCUT2D eigenvalue weighted by molar-refractivity contribution is 4.84. The molecule has 0 unspecified atom stereocenters. The molecule has 0 aromatic heterocycles. The molecule has 1 aliphatic rings. The van der Waals surface area contributed by atoms with Crippen molar-refractivity contribution in [2.75, 3.05) is 6.61 Å². The lowest BCUT2D eigenvalue weighted by atomic mass is 9.90. The minimum Gasteiger partial charge on any atom is -0.363 e. The van der Waals surface area contributed by atoms with E-state index in [4.69, 9.17) is 15.7 Å². The number of hydrogen-bond donors (Lipinski definition) is 1. The molecule has 1 fully saturated rings. The average molecular weight is 126 g/mol. The van der Waals surface area contributed by atoms with E-state index in [2.05, 4.69) is 0 Å². The van der Waals surface area contributed by atoms with E-state index in [0.29, 0.717) is 6.04 Å². The molecule has 0 radical (unpaired) electrons. The fourth-order valence-electron chi connectivity index (χ4n) is 0.898. The first-order chi connectivity index (χ1) is 4.33. The molecule has 0 aromatic rings. The van der Waals surface area contributed by atoms with Gasteiger partial charge in [0.05, 0.1) is 12.2 Å². The molecule has 3 nitrogen and oxygen atoms in total. The fraction of sp³-hybridized carbons (Fsp3) is 0.833. The zero-order valence-corrected chi connectivity index (χ0v) is 5.21. The highest BCUT2D eigenvalue weighted by Crippen LogP contribution is 2.20. The van der Waals surface area contributed by atoms with E-state index in [0.717, 1.165) is 12.8 Å². The van der Waals surface area contributed by atoms with Crippen molar-refractivity contribution in [2.24, 2.45) is 5.73 Å². The lowest BCUT2D eigenvalue weighted by molar-refractivity contribution is 0.00913. The predicted molar refractivity (Wildman–Crippen MR) is 32.6 cm³/mol. The molecule has 0 atom stereocenters. The van der Waals surface area contributed by atoms with E-state index >= 15 is 0 Å². The molecule has 3 heteroatoms. The third-order valence-electron chi connectivity index (χ3n) is 1.51. The van der Waals surface area contributed by atoms with Crippen LogP contribution in [0.15, 0.2) is 0 Å². The molecule has 0 saturated heterocycles. The smallest absolute Gasteiger partial charge is 0.134 e. The van der Waals surface area contributed by atoms with Crippen molar-refractivity contribution in [2.45, 2.75) is 25.0 Å². The van der Waals surface area contributed by atoms with Gasteiger partial charge in [-0.3, -0.25) is 0 Å². The molecule has 50 valence electrons. The van der Waals surface area contributed by atoms with Gasteiger partial charge in [0.1, 0.15) is 6.61 Å². The molecule has 1 saturated carbocycles. The highest BCUT2D eigenvalue weighted by Gasteiger charge is 2.25. The fourth-order valence-corrected chi connectivity index (χ4v) is 0.898. The van der Waals surface area contributed by atoms with Crippen LogP contribution in [0.25, 0.3) is 0 Å². The molecule has 0 spiro atoms. The van der Waals surface area contributed by atoms with Gasteiger partial charge in [0, 0.05) is 6.04 Å². The van der Waals surface area contributed by atoms with Gasteiger partial charge in [-0.25, -0.2) is 0 Å². The van der Waals surface area contributed by atoms with E-state index in [9.17, 15) is 0 Å². The van der Waals surface area contributed by atoms with Crippen LogP contribution in [0.5, 0.6) is 0 Å². The molecule has 0 aromatic carbocycles. The summed E-state index contributed by atoms with van der Waals surface area (Å²) >= 11 is 0. The lowest BCUT2D eigenvalue weighted by Crippen LogP contribution is -2.41. The molecule has 2 N–H and O–H groups in total. The van der Waals surface area contributed by atoms with Gasteiger partial charge in [0.2, 0.25) is 0 Å². The Kier molecular flexibility index (Phi) is 2.04. The van der Waals surface area contributed by atoms with Gasteiger partial charge >= 0.3 is 0 Å². The second kappa shape index (κ2) is 2.81. The summed E-state index contributed by atoms with van der Waals surface area (Å²) in [6.45, 7) is 0.206. The summed E-state index contributed by atoms with van der Waals surface area (Å²) in [5.74, 6) is 0. The van der Waals surface area contributed by atoms with Crippen LogP contribution in [0.4, 0.5) is 0 Å². The predicted octanol–water partition coefficient (Wildman–Crippen LogP) is 0.0163. The minimum absolute atomic E-state index is 0.206. The standard InChI is InChI=1S/C6H10N2O/c7-1-2-9-6-3-5(8)4-6/h5-6H,2-4,8H2. The average Bonchev–Trinajstić information content (AvgIpc) is 1.78. The topological polar surface area (TPSA) is 59.0 Å². The molecular formula is C6H10N2O. The Balaban J connectivity index is 1.99. The van der Waals surface area contributed by atoms with E-state index in [1.54, 1.807) is 0 Å². The molecular weight excluding hydrogens is 116 g/mol. The zero-order valence-electron chi connectivity index (χ0n) is 5.21. The summed E-state index contributed by atoms with van der Waals surface area (Å²) in [6, 6.07) is 2.23. The third-order valence-corrected chi connectivity index (χ3v) is 1.51. The first-order valence-corrected chi connectivity index (χ1v) is 3.07. The summed E-state index contributed by atoms with van der Waals surface area (Å²) in [5, 5.41) is 8.09. The number of nitriles is 1. The van der Waals surface area contributed by atoms with Crippen molar-refractivity contribution < 1.29 is 4.74 Å². The highest BCUT2D eigenvalue weighted by atomic mass is 16.5. The van der Waals surface area contributed by atoms with Crippen LogP contribution in [-0.2, 0) is 4.74 Å². The van der Waals surface area contributed by atoms with E-state index in [1.165, 1.54) is 0 Å².